The molecule has 0 saturated carbocycles. The Morgan fingerprint density at radius 2 is 0.760 bits per heavy atom. The maximum Gasteiger partial charge on any atom is 0.201 e. The highest BCUT2D eigenvalue weighted by Crippen LogP contribution is 2.52. The van der Waals surface area contributed by atoms with Crippen LogP contribution < -0.4 is 18.9 Å². The molecule has 6 aromatic carbocycles. The van der Waals surface area contributed by atoms with Gasteiger partial charge >= 0.3 is 0 Å². The molecule has 0 aromatic heterocycles. The van der Waals surface area contributed by atoms with Gasteiger partial charge in [0, 0.05) is 24.0 Å². The van der Waals surface area contributed by atoms with Crippen LogP contribution in [0.2, 0.25) is 0 Å². The predicted octanol–water partition coefficient (Wildman–Crippen LogP) is 9.24. The van der Waals surface area contributed by atoms with Crippen LogP contribution in [0.15, 0.2) is 158 Å². The van der Waals surface area contributed by atoms with Gasteiger partial charge in [-0.05, 0) is 58.7 Å². The average Bonchev–Trinajstić information content (AvgIpc) is 3.20. The third-order valence-corrected chi connectivity index (χ3v) is 9.62. The van der Waals surface area contributed by atoms with Gasteiger partial charge in [-0.25, -0.2) is 0 Å². The average molecular weight is 663 g/mol. The fraction of sp³-hybridized carbons (Fsp3) is 0.182. The lowest BCUT2D eigenvalue weighted by molar-refractivity contribution is -0.194. The van der Waals surface area contributed by atoms with Gasteiger partial charge in [-0.15, -0.1) is 0 Å². The lowest BCUT2D eigenvalue weighted by Crippen LogP contribution is -2.45. The number of hydrogen-bond acceptors (Lipinski definition) is 6. The summed E-state index contributed by atoms with van der Waals surface area (Å²) >= 11 is 0. The van der Waals surface area contributed by atoms with E-state index in [4.69, 9.17) is 28.4 Å². The SMILES string of the molecule is COc1ccc2c(c1)C(c1ccccc1)(c1ccccc1)OC(CCC1Oc3ccc(OC)cc3C(c3ccccc3)(c3ccccc3)O1)O2. The molecule has 0 saturated heterocycles. The molecule has 6 heteroatoms. The van der Waals surface area contributed by atoms with Gasteiger partial charge < -0.3 is 28.4 Å². The zero-order valence-corrected chi connectivity index (χ0v) is 28.0. The first-order chi connectivity index (χ1) is 24.6. The number of methoxy groups -OCH3 is 2. The maximum atomic E-state index is 7.18. The van der Waals surface area contributed by atoms with E-state index in [0.717, 1.165) is 56.4 Å². The molecule has 2 aliphatic heterocycles. The number of ether oxygens (including phenoxy) is 6. The van der Waals surface area contributed by atoms with Crippen molar-refractivity contribution in [2.45, 2.75) is 36.6 Å². The zero-order chi connectivity index (χ0) is 34.0. The van der Waals surface area contributed by atoms with Crippen molar-refractivity contribution in [3.8, 4) is 23.0 Å². The van der Waals surface area contributed by atoms with Gasteiger partial charge in [-0.1, -0.05) is 121 Å². The summed E-state index contributed by atoms with van der Waals surface area (Å²) in [6.07, 6.45) is -0.266. The summed E-state index contributed by atoms with van der Waals surface area (Å²) < 4.78 is 39.0. The first kappa shape index (κ1) is 31.7. The summed E-state index contributed by atoms with van der Waals surface area (Å²) in [5.74, 6) is 2.92. The molecule has 0 bridgehead atoms. The van der Waals surface area contributed by atoms with E-state index in [0.29, 0.717) is 12.8 Å². The number of hydrogen-bond donors (Lipinski definition) is 0. The van der Waals surface area contributed by atoms with E-state index in [1.54, 1.807) is 14.2 Å². The van der Waals surface area contributed by atoms with Gasteiger partial charge in [-0.2, -0.15) is 0 Å². The molecule has 0 amide bonds. The fourth-order valence-electron chi connectivity index (χ4n) is 7.31. The number of benzene rings is 6. The van der Waals surface area contributed by atoms with Crippen LogP contribution >= 0.6 is 0 Å². The lowest BCUT2D eigenvalue weighted by atomic mass is 9.78. The van der Waals surface area contributed by atoms with Crippen LogP contribution in [-0.2, 0) is 20.7 Å². The maximum absolute atomic E-state index is 7.18. The van der Waals surface area contributed by atoms with E-state index >= 15 is 0 Å². The van der Waals surface area contributed by atoms with Crippen LogP contribution in [0.4, 0.5) is 0 Å². The molecule has 0 fully saturated rings. The minimum Gasteiger partial charge on any atom is -0.497 e. The molecule has 2 atom stereocenters. The van der Waals surface area contributed by atoms with Crippen LogP contribution in [0.5, 0.6) is 23.0 Å². The van der Waals surface area contributed by atoms with E-state index in [1.165, 1.54) is 0 Å². The lowest BCUT2D eigenvalue weighted by Gasteiger charge is -2.45. The Balaban J connectivity index is 1.19. The second-order valence-electron chi connectivity index (χ2n) is 12.5. The van der Waals surface area contributed by atoms with Crippen molar-refractivity contribution in [1.29, 1.82) is 0 Å². The largest absolute Gasteiger partial charge is 0.497 e. The molecule has 0 radical (unpaired) electrons. The first-order valence-corrected chi connectivity index (χ1v) is 16.9. The quantitative estimate of drug-likeness (QED) is 0.154. The molecule has 8 rings (SSSR count). The van der Waals surface area contributed by atoms with Crippen molar-refractivity contribution in [2.24, 2.45) is 0 Å². The molecule has 0 N–H and O–H groups in total. The second kappa shape index (κ2) is 13.4. The Kier molecular flexibility index (Phi) is 8.49. The van der Waals surface area contributed by atoms with Crippen molar-refractivity contribution >= 4 is 0 Å². The van der Waals surface area contributed by atoms with Gasteiger partial charge in [-0.3, -0.25) is 0 Å². The number of fused-ring (bicyclic) bond motifs is 2. The third kappa shape index (κ3) is 5.47. The van der Waals surface area contributed by atoms with Crippen molar-refractivity contribution in [2.75, 3.05) is 14.2 Å². The van der Waals surface area contributed by atoms with Crippen LogP contribution in [0, 0.1) is 0 Å². The summed E-state index contributed by atoms with van der Waals surface area (Å²) in [6, 6.07) is 53.0. The molecule has 250 valence electrons. The first-order valence-electron chi connectivity index (χ1n) is 16.9. The predicted molar refractivity (Wildman–Crippen MR) is 192 cm³/mol. The van der Waals surface area contributed by atoms with Gasteiger partial charge in [0.25, 0.3) is 0 Å². The van der Waals surface area contributed by atoms with Gasteiger partial charge in [0.05, 0.1) is 14.2 Å². The van der Waals surface area contributed by atoms with E-state index in [1.807, 2.05) is 109 Å². The summed E-state index contributed by atoms with van der Waals surface area (Å²) in [7, 11) is 3.34. The third-order valence-electron chi connectivity index (χ3n) is 9.62. The molecular formula is C44H38O6. The van der Waals surface area contributed by atoms with Crippen molar-refractivity contribution < 1.29 is 28.4 Å². The van der Waals surface area contributed by atoms with Crippen molar-refractivity contribution in [3.05, 3.63) is 191 Å². The molecule has 2 aliphatic rings. The Bertz CT molecular complexity index is 1820. The van der Waals surface area contributed by atoms with Crippen molar-refractivity contribution in [3.63, 3.8) is 0 Å². The normalized spacial score (nSPS) is 18.4. The highest BCUT2D eigenvalue weighted by Gasteiger charge is 2.49. The molecule has 6 aromatic rings. The molecule has 0 aliphatic carbocycles. The summed E-state index contributed by atoms with van der Waals surface area (Å²) in [5, 5.41) is 0. The molecule has 0 spiro atoms. The zero-order valence-electron chi connectivity index (χ0n) is 28.0. The smallest absolute Gasteiger partial charge is 0.201 e. The molecule has 6 nitrogen and oxygen atoms in total. The standard InChI is InChI=1S/C44H38O6/c1-45-35-23-25-39-37(29-35)43(31-15-7-3-8-16-31,32-17-9-4-10-18-32)49-41(47-39)27-28-42-48-40-26-24-36(46-2)30-38(40)44(50-42,33-19-11-5-12-20-33)34-21-13-6-14-22-34/h3-26,29-30,41-42H,27-28H2,1-2H3. The minimum absolute atomic E-state index is 0.489. The monoisotopic (exact) mass is 662 g/mol. The van der Waals surface area contributed by atoms with E-state index in [9.17, 15) is 0 Å². The molecule has 50 heavy (non-hydrogen) atoms. The number of rotatable bonds is 9. The van der Waals surface area contributed by atoms with Gasteiger partial charge in [0.2, 0.25) is 12.6 Å². The van der Waals surface area contributed by atoms with Gasteiger partial charge in [0.1, 0.15) is 23.0 Å². The Hall–Kier alpha value is -5.56. The Morgan fingerprint density at radius 3 is 1.06 bits per heavy atom. The highest BCUT2D eigenvalue weighted by molar-refractivity contribution is 5.57. The summed E-state index contributed by atoms with van der Waals surface area (Å²) in [6.45, 7) is 0. The second-order valence-corrected chi connectivity index (χ2v) is 12.5. The Labute approximate surface area is 292 Å². The molecule has 2 heterocycles. The summed E-state index contributed by atoms with van der Waals surface area (Å²) in [5.41, 5.74) is 3.83. The fourth-order valence-corrected chi connectivity index (χ4v) is 7.31. The minimum atomic E-state index is -0.954. The Morgan fingerprint density at radius 1 is 0.440 bits per heavy atom. The van der Waals surface area contributed by atoms with Gasteiger partial charge in [0.15, 0.2) is 11.2 Å². The van der Waals surface area contributed by atoms with E-state index in [2.05, 4.69) is 48.5 Å². The topological polar surface area (TPSA) is 55.4 Å². The van der Waals surface area contributed by atoms with E-state index < -0.39 is 23.8 Å². The van der Waals surface area contributed by atoms with E-state index in [-0.39, 0.29) is 0 Å². The van der Waals surface area contributed by atoms with Crippen LogP contribution in [0.25, 0.3) is 0 Å². The van der Waals surface area contributed by atoms with Crippen molar-refractivity contribution in [1.82, 2.24) is 0 Å². The summed E-state index contributed by atoms with van der Waals surface area (Å²) in [4.78, 5) is 0. The molecular weight excluding hydrogens is 624 g/mol. The molecule has 2 unspecified atom stereocenters. The van der Waals surface area contributed by atoms with Crippen LogP contribution in [-0.4, -0.2) is 26.8 Å². The van der Waals surface area contributed by atoms with Crippen LogP contribution in [0.1, 0.15) is 46.2 Å². The van der Waals surface area contributed by atoms with Crippen LogP contribution in [0.3, 0.4) is 0 Å². The highest BCUT2D eigenvalue weighted by atomic mass is 16.7.